The summed E-state index contributed by atoms with van der Waals surface area (Å²) in [4.78, 5) is 5.70. The van der Waals surface area contributed by atoms with Crippen molar-refractivity contribution in [1.29, 1.82) is 0 Å². The summed E-state index contributed by atoms with van der Waals surface area (Å²) in [6.07, 6.45) is 9.50. The van der Waals surface area contributed by atoms with Gasteiger partial charge in [0.15, 0.2) is 0 Å². The molecule has 2 nitrogen and oxygen atoms in total. The second kappa shape index (κ2) is 5.95. The van der Waals surface area contributed by atoms with Gasteiger partial charge in [-0.25, -0.2) is 0 Å². The van der Waals surface area contributed by atoms with E-state index in [1.807, 2.05) is 0 Å². The van der Waals surface area contributed by atoms with Gasteiger partial charge in [0, 0.05) is 36.5 Å². The van der Waals surface area contributed by atoms with Gasteiger partial charge in [-0.1, -0.05) is 13.8 Å². The van der Waals surface area contributed by atoms with E-state index >= 15 is 0 Å². The van der Waals surface area contributed by atoms with E-state index in [-0.39, 0.29) is 0 Å². The molecule has 0 aromatic heterocycles. The van der Waals surface area contributed by atoms with Gasteiger partial charge in [-0.3, -0.25) is 9.80 Å². The maximum absolute atomic E-state index is 2.92. The van der Waals surface area contributed by atoms with Gasteiger partial charge in [0.25, 0.3) is 0 Å². The average molecular weight is 282 g/mol. The average Bonchev–Trinajstić information content (AvgIpc) is 3.05. The van der Waals surface area contributed by atoms with E-state index < -0.39 is 0 Å². The van der Waals surface area contributed by atoms with Crippen molar-refractivity contribution in [3.8, 4) is 0 Å². The van der Waals surface area contributed by atoms with E-state index in [4.69, 9.17) is 0 Å². The van der Waals surface area contributed by atoms with Crippen molar-refractivity contribution in [3.05, 3.63) is 0 Å². The molecule has 0 bridgehead atoms. The SMILES string of the molecule is CSC1CCC(N2CC3CCCN3CC2C(C)C)C1. The second-order valence-electron chi connectivity index (χ2n) is 7.12. The van der Waals surface area contributed by atoms with E-state index in [9.17, 15) is 0 Å². The standard InChI is InChI=1S/C16H30N2S/c1-12(2)16-11-17-8-4-5-14(17)10-18(16)13-6-7-15(9-13)19-3/h12-16H,4-11H2,1-3H3. The van der Waals surface area contributed by atoms with Crippen LogP contribution in [0.5, 0.6) is 0 Å². The molecule has 0 aromatic rings. The van der Waals surface area contributed by atoms with Crippen molar-refractivity contribution in [2.45, 2.75) is 69.3 Å². The highest BCUT2D eigenvalue weighted by molar-refractivity contribution is 7.99. The Hall–Kier alpha value is 0.270. The van der Waals surface area contributed by atoms with Crippen LogP contribution >= 0.6 is 11.8 Å². The van der Waals surface area contributed by atoms with Gasteiger partial charge in [-0.05, 0) is 50.8 Å². The highest BCUT2D eigenvalue weighted by Gasteiger charge is 2.41. The summed E-state index contributed by atoms with van der Waals surface area (Å²) in [6.45, 7) is 8.90. The van der Waals surface area contributed by atoms with Crippen molar-refractivity contribution in [2.24, 2.45) is 5.92 Å². The number of hydrogen-bond acceptors (Lipinski definition) is 3. The van der Waals surface area contributed by atoms with Crippen molar-refractivity contribution < 1.29 is 0 Å². The topological polar surface area (TPSA) is 6.48 Å². The van der Waals surface area contributed by atoms with Crippen LogP contribution in [0.4, 0.5) is 0 Å². The molecule has 4 unspecified atom stereocenters. The molecule has 0 radical (unpaired) electrons. The maximum Gasteiger partial charge on any atom is 0.0249 e. The molecule has 1 aliphatic carbocycles. The minimum absolute atomic E-state index is 0.801. The van der Waals surface area contributed by atoms with E-state index in [2.05, 4.69) is 41.7 Å². The fraction of sp³-hybridized carbons (Fsp3) is 1.00. The van der Waals surface area contributed by atoms with Crippen LogP contribution < -0.4 is 0 Å². The third kappa shape index (κ3) is 2.84. The van der Waals surface area contributed by atoms with Gasteiger partial charge in [-0.2, -0.15) is 11.8 Å². The number of rotatable bonds is 3. The van der Waals surface area contributed by atoms with Crippen LogP contribution in [0, 0.1) is 5.92 Å². The minimum Gasteiger partial charge on any atom is -0.298 e. The van der Waals surface area contributed by atoms with E-state index in [0.717, 1.165) is 29.3 Å². The summed E-state index contributed by atoms with van der Waals surface area (Å²) in [6, 6.07) is 2.57. The molecule has 4 atom stereocenters. The van der Waals surface area contributed by atoms with Gasteiger partial charge in [0.2, 0.25) is 0 Å². The highest BCUT2D eigenvalue weighted by atomic mass is 32.2. The third-order valence-corrected chi connectivity index (χ3v) is 6.79. The van der Waals surface area contributed by atoms with Crippen molar-refractivity contribution in [2.75, 3.05) is 25.9 Å². The first-order chi connectivity index (χ1) is 9.19. The summed E-state index contributed by atoms with van der Waals surface area (Å²) in [7, 11) is 0. The number of hydrogen-bond donors (Lipinski definition) is 0. The molecule has 0 amide bonds. The van der Waals surface area contributed by atoms with Crippen LogP contribution in [0.2, 0.25) is 0 Å². The lowest BCUT2D eigenvalue weighted by Crippen LogP contribution is -2.60. The summed E-state index contributed by atoms with van der Waals surface area (Å²) < 4.78 is 0. The fourth-order valence-electron chi connectivity index (χ4n) is 4.51. The predicted molar refractivity (Wildman–Crippen MR) is 84.9 cm³/mol. The molecule has 0 N–H and O–H groups in total. The molecule has 2 aliphatic heterocycles. The molecule has 3 aliphatic rings. The molecule has 3 heteroatoms. The minimum atomic E-state index is 0.801. The van der Waals surface area contributed by atoms with Gasteiger partial charge in [0.1, 0.15) is 0 Å². The zero-order valence-electron chi connectivity index (χ0n) is 12.8. The lowest BCUT2D eigenvalue weighted by atomic mass is 9.95. The van der Waals surface area contributed by atoms with E-state index in [1.54, 1.807) is 0 Å². The number of piperazine rings is 1. The Morgan fingerprint density at radius 3 is 2.58 bits per heavy atom. The molecule has 3 rings (SSSR count). The fourth-order valence-corrected chi connectivity index (χ4v) is 5.30. The van der Waals surface area contributed by atoms with E-state index in [0.29, 0.717) is 0 Å². The Kier molecular flexibility index (Phi) is 4.45. The molecule has 1 saturated carbocycles. The molecule has 2 heterocycles. The van der Waals surface area contributed by atoms with Gasteiger partial charge in [0.05, 0.1) is 0 Å². The van der Waals surface area contributed by atoms with E-state index in [1.165, 1.54) is 51.7 Å². The molecule has 19 heavy (non-hydrogen) atoms. The molecule has 3 fully saturated rings. The number of nitrogens with zero attached hydrogens (tertiary/aromatic N) is 2. The maximum atomic E-state index is 2.92. The Bertz CT molecular complexity index is 307. The molecular formula is C16H30N2S. The molecular weight excluding hydrogens is 252 g/mol. The Morgan fingerprint density at radius 2 is 1.89 bits per heavy atom. The Balaban J connectivity index is 1.70. The molecule has 2 saturated heterocycles. The first kappa shape index (κ1) is 14.2. The molecule has 0 aromatic carbocycles. The predicted octanol–water partition coefficient (Wildman–Crippen LogP) is 3.08. The monoisotopic (exact) mass is 282 g/mol. The van der Waals surface area contributed by atoms with Crippen molar-refractivity contribution >= 4 is 11.8 Å². The third-order valence-electron chi connectivity index (χ3n) is 5.70. The zero-order chi connectivity index (χ0) is 13.4. The Labute approximate surface area is 123 Å². The summed E-state index contributed by atoms with van der Waals surface area (Å²) in [5, 5.41) is 0.930. The van der Waals surface area contributed by atoms with Crippen LogP contribution in [0.3, 0.4) is 0 Å². The van der Waals surface area contributed by atoms with Crippen LogP contribution in [-0.2, 0) is 0 Å². The van der Waals surface area contributed by atoms with Crippen LogP contribution in [-0.4, -0.2) is 59.1 Å². The van der Waals surface area contributed by atoms with Crippen molar-refractivity contribution in [1.82, 2.24) is 9.80 Å². The summed E-state index contributed by atoms with van der Waals surface area (Å²) in [5.74, 6) is 0.801. The van der Waals surface area contributed by atoms with Crippen LogP contribution in [0.1, 0.15) is 46.0 Å². The molecule has 0 spiro atoms. The normalized spacial score (nSPS) is 41.1. The quantitative estimate of drug-likeness (QED) is 0.785. The second-order valence-corrected chi connectivity index (χ2v) is 8.26. The lowest BCUT2D eigenvalue weighted by Gasteiger charge is -2.48. The number of thioether (sulfide) groups is 1. The van der Waals surface area contributed by atoms with Gasteiger partial charge in [-0.15, -0.1) is 0 Å². The summed E-state index contributed by atoms with van der Waals surface area (Å²) in [5.41, 5.74) is 0. The van der Waals surface area contributed by atoms with Gasteiger partial charge < -0.3 is 0 Å². The smallest absolute Gasteiger partial charge is 0.0249 e. The van der Waals surface area contributed by atoms with Gasteiger partial charge >= 0.3 is 0 Å². The van der Waals surface area contributed by atoms with Crippen LogP contribution in [0.25, 0.3) is 0 Å². The van der Waals surface area contributed by atoms with Crippen LogP contribution in [0.15, 0.2) is 0 Å². The number of fused-ring (bicyclic) bond motifs is 1. The highest BCUT2D eigenvalue weighted by Crippen LogP contribution is 2.36. The molecule has 110 valence electrons. The summed E-state index contributed by atoms with van der Waals surface area (Å²) >= 11 is 2.09. The van der Waals surface area contributed by atoms with Crippen molar-refractivity contribution in [3.63, 3.8) is 0 Å². The Morgan fingerprint density at radius 1 is 1.05 bits per heavy atom. The largest absolute Gasteiger partial charge is 0.298 e. The first-order valence-corrected chi connectivity index (χ1v) is 9.50. The first-order valence-electron chi connectivity index (χ1n) is 8.21. The lowest BCUT2D eigenvalue weighted by molar-refractivity contribution is 0.00190. The zero-order valence-corrected chi connectivity index (χ0v) is 13.7.